The zero-order valence-corrected chi connectivity index (χ0v) is 10.9. The molecule has 0 spiro atoms. The minimum absolute atomic E-state index is 0.297. The number of thiophene rings is 1. The Morgan fingerprint density at radius 1 is 1.39 bits per heavy atom. The van der Waals surface area contributed by atoms with Gasteiger partial charge in [0.2, 0.25) is 0 Å². The topological polar surface area (TPSA) is 52.0 Å². The van der Waals surface area contributed by atoms with Crippen LogP contribution >= 0.6 is 11.3 Å². The number of allylic oxidation sites excluding steroid dienone is 2. The SMILES string of the molecule is NC/C=C(\N)C1CC=Cc2c1sc1ccccc21. The van der Waals surface area contributed by atoms with Crippen LogP contribution in [-0.4, -0.2) is 6.54 Å². The molecule has 1 aliphatic rings. The standard InChI is InChI=1S/C15H16N2S/c16-9-8-13(17)12-6-3-5-11-10-4-1-2-7-14(10)18-15(11)12/h1-5,7-8,12H,6,9,16-17H2/b13-8-. The molecule has 1 aromatic heterocycles. The van der Waals surface area contributed by atoms with Crippen molar-refractivity contribution in [2.45, 2.75) is 12.3 Å². The van der Waals surface area contributed by atoms with Crippen LogP contribution in [0.25, 0.3) is 16.2 Å². The van der Waals surface area contributed by atoms with Gasteiger partial charge in [0.1, 0.15) is 0 Å². The molecule has 0 amide bonds. The fraction of sp³-hybridized carbons (Fsp3) is 0.200. The molecule has 1 atom stereocenters. The molecule has 0 aliphatic heterocycles. The van der Waals surface area contributed by atoms with Gasteiger partial charge in [-0.15, -0.1) is 11.3 Å². The molecule has 2 nitrogen and oxygen atoms in total. The van der Waals surface area contributed by atoms with Crippen molar-refractivity contribution >= 4 is 27.5 Å². The van der Waals surface area contributed by atoms with Crippen LogP contribution in [0.3, 0.4) is 0 Å². The maximum atomic E-state index is 6.15. The van der Waals surface area contributed by atoms with Crippen LogP contribution in [0.1, 0.15) is 22.8 Å². The fourth-order valence-corrected chi connectivity index (χ4v) is 3.84. The summed E-state index contributed by atoms with van der Waals surface area (Å²) in [7, 11) is 0. The summed E-state index contributed by atoms with van der Waals surface area (Å²) in [6.07, 6.45) is 7.34. The van der Waals surface area contributed by atoms with E-state index in [0.717, 1.165) is 12.1 Å². The first kappa shape index (κ1) is 11.5. The largest absolute Gasteiger partial charge is 0.402 e. The van der Waals surface area contributed by atoms with Crippen molar-refractivity contribution in [3.63, 3.8) is 0 Å². The van der Waals surface area contributed by atoms with E-state index in [9.17, 15) is 0 Å². The highest BCUT2D eigenvalue weighted by molar-refractivity contribution is 7.19. The number of nitrogens with two attached hydrogens (primary N) is 2. The van der Waals surface area contributed by atoms with Crippen LogP contribution in [0, 0.1) is 0 Å². The van der Waals surface area contributed by atoms with Crippen LogP contribution in [0.5, 0.6) is 0 Å². The summed E-state index contributed by atoms with van der Waals surface area (Å²) in [5, 5.41) is 1.33. The molecule has 1 heterocycles. The maximum absolute atomic E-state index is 6.15. The summed E-state index contributed by atoms with van der Waals surface area (Å²) in [6, 6.07) is 8.53. The van der Waals surface area contributed by atoms with E-state index in [4.69, 9.17) is 11.5 Å². The third kappa shape index (κ3) is 1.76. The average molecular weight is 256 g/mol. The molecule has 0 radical (unpaired) electrons. The monoisotopic (exact) mass is 256 g/mol. The summed E-state index contributed by atoms with van der Waals surface area (Å²) in [6.45, 7) is 0.506. The molecule has 0 fully saturated rings. The summed E-state index contributed by atoms with van der Waals surface area (Å²) >= 11 is 1.85. The minimum atomic E-state index is 0.297. The van der Waals surface area contributed by atoms with Gasteiger partial charge in [-0.1, -0.05) is 36.4 Å². The first-order valence-corrected chi connectivity index (χ1v) is 6.96. The second-order valence-electron chi connectivity index (χ2n) is 4.51. The van der Waals surface area contributed by atoms with Gasteiger partial charge in [0, 0.05) is 27.7 Å². The Balaban J connectivity index is 2.17. The van der Waals surface area contributed by atoms with Gasteiger partial charge in [-0.25, -0.2) is 0 Å². The van der Waals surface area contributed by atoms with E-state index < -0.39 is 0 Å². The van der Waals surface area contributed by atoms with Crippen LogP contribution in [0.15, 0.2) is 42.1 Å². The Kier molecular flexibility index (Phi) is 2.94. The van der Waals surface area contributed by atoms with Gasteiger partial charge in [-0.2, -0.15) is 0 Å². The van der Waals surface area contributed by atoms with Crippen molar-refractivity contribution in [2.75, 3.05) is 6.54 Å². The van der Waals surface area contributed by atoms with Crippen molar-refractivity contribution in [1.82, 2.24) is 0 Å². The fourth-order valence-electron chi connectivity index (χ4n) is 2.51. The molecular weight excluding hydrogens is 240 g/mol. The van der Waals surface area contributed by atoms with E-state index in [0.29, 0.717) is 12.5 Å². The van der Waals surface area contributed by atoms with Crippen LogP contribution in [-0.2, 0) is 0 Å². The Morgan fingerprint density at radius 2 is 2.22 bits per heavy atom. The molecule has 1 aliphatic carbocycles. The normalized spacial score (nSPS) is 19.2. The van der Waals surface area contributed by atoms with E-state index in [1.54, 1.807) is 0 Å². The van der Waals surface area contributed by atoms with Gasteiger partial charge in [-0.3, -0.25) is 0 Å². The lowest BCUT2D eigenvalue weighted by molar-refractivity contribution is 0.800. The predicted octanol–water partition coefficient (Wildman–Crippen LogP) is 3.20. The number of benzene rings is 1. The minimum Gasteiger partial charge on any atom is -0.402 e. The van der Waals surface area contributed by atoms with Crippen LogP contribution in [0.2, 0.25) is 0 Å². The van der Waals surface area contributed by atoms with Gasteiger partial charge in [0.15, 0.2) is 0 Å². The summed E-state index contributed by atoms with van der Waals surface area (Å²) < 4.78 is 1.33. The number of hydrogen-bond acceptors (Lipinski definition) is 3. The maximum Gasteiger partial charge on any atom is 0.0367 e. The van der Waals surface area contributed by atoms with E-state index in [2.05, 4.69) is 36.4 Å². The molecule has 4 N–H and O–H groups in total. The van der Waals surface area contributed by atoms with E-state index in [-0.39, 0.29) is 0 Å². The van der Waals surface area contributed by atoms with Crippen molar-refractivity contribution in [3.05, 3.63) is 52.6 Å². The van der Waals surface area contributed by atoms with Gasteiger partial charge >= 0.3 is 0 Å². The van der Waals surface area contributed by atoms with Gasteiger partial charge in [0.05, 0.1) is 0 Å². The van der Waals surface area contributed by atoms with Crippen molar-refractivity contribution in [1.29, 1.82) is 0 Å². The molecule has 0 saturated carbocycles. The molecule has 2 aromatic rings. The Bertz CT molecular complexity index is 637. The van der Waals surface area contributed by atoms with Gasteiger partial charge in [0.25, 0.3) is 0 Å². The molecule has 18 heavy (non-hydrogen) atoms. The van der Waals surface area contributed by atoms with Crippen LogP contribution < -0.4 is 11.5 Å². The Hall–Kier alpha value is -1.58. The molecular formula is C15H16N2S. The Morgan fingerprint density at radius 3 is 3.06 bits per heavy atom. The highest BCUT2D eigenvalue weighted by atomic mass is 32.1. The molecule has 3 rings (SSSR count). The molecule has 92 valence electrons. The number of hydrogen-bond donors (Lipinski definition) is 2. The summed E-state index contributed by atoms with van der Waals surface area (Å²) in [4.78, 5) is 1.38. The quantitative estimate of drug-likeness (QED) is 0.867. The lowest BCUT2D eigenvalue weighted by Gasteiger charge is -2.19. The number of fused-ring (bicyclic) bond motifs is 3. The van der Waals surface area contributed by atoms with Gasteiger partial charge < -0.3 is 11.5 Å². The van der Waals surface area contributed by atoms with Crippen molar-refractivity contribution in [3.8, 4) is 0 Å². The lowest BCUT2D eigenvalue weighted by atomic mass is 9.90. The van der Waals surface area contributed by atoms with Crippen molar-refractivity contribution in [2.24, 2.45) is 11.5 Å². The van der Waals surface area contributed by atoms with Crippen LogP contribution in [0.4, 0.5) is 0 Å². The number of rotatable bonds is 2. The third-order valence-electron chi connectivity index (χ3n) is 3.39. The van der Waals surface area contributed by atoms with E-state index >= 15 is 0 Å². The van der Waals surface area contributed by atoms with E-state index in [1.807, 2.05) is 17.4 Å². The average Bonchev–Trinajstić information content (AvgIpc) is 2.77. The molecule has 0 bridgehead atoms. The second kappa shape index (κ2) is 4.59. The molecule has 3 heteroatoms. The first-order chi connectivity index (χ1) is 8.81. The zero-order valence-electron chi connectivity index (χ0n) is 10.1. The third-order valence-corrected chi connectivity index (χ3v) is 4.69. The molecule has 0 saturated heterocycles. The van der Waals surface area contributed by atoms with E-state index in [1.165, 1.54) is 20.5 Å². The Labute approximate surface area is 111 Å². The van der Waals surface area contributed by atoms with Gasteiger partial charge in [-0.05, 0) is 23.4 Å². The summed E-state index contributed by atoms with van der Waals surface area (Å²) in [5.41, 5.74) is 13.9. The second-order valence-corrected chi connectivity index (χ2v) is 5.59. The molecule has 1 unspecified atom stereocenters. The highest BCUT2D eigenvalue weighted by Gasteiger charge is 2.23. The zero-order chi connectivity index (χ0) is 12.5. The lowest BCUT2D eigenvalue weighted by Crippen LogP contribution is -2.13. The predicted molar refractivity (Wildman–Crippen MR) is 79.5 cm³/mol. The summed E-state index contributed by atoms with van der Waals surface area (Å²) in [5.74, 6) is 0.297. The first-order valence-electron chi connectivity index (χ1n) is 6.15. The smallest absolute Gasteiger partial charge is 0.0367 e. The highest BCUT2D eigenvalue weighted by Crippen LogP contribution is 2.42. The molecule has 1 aromatic carbocycles. The van der Waals surface area contributed by atoms with Crippen molar-refractivity contribution < 1.29 is 0 Å².